The second-order valence-electron chi connectivity index (χ2n) is 8.50. The number of rotatable bonds is 11. The number of thioether (sulfide) groups is 1. The molecule has 0 aliphatic carbocycles. The highest BCUT2D eigenvalue weighted by atomic mass is 32.2. The molecule has 0 unspecified atom stereocenters. The molecular formula is C26H31O10PS. The lowest BCUT2D eigenvalue weighted by Crippen LogP contribution is -2.57. The number of hydrogen-bond acceptors (Lipinski definition) is 11. The fourth-order valence-electron chi connectivity index (χ4n) is 3.74. The largest absolute Gasteiger partial charge is 0.476 e. The average molecular weight is 567 g/mol. The predicted molar refractivity (Wildman–Crippen MR) is 139 cm³/mol. The van der Waals surface area contributed by atoms with E-state index < -0.39 is 54.7 Å². The average Bonchev–Trinajstić information content (AvgIpc) is 2.87. The summed E-state index contributed by atoms with van der Waals surface area (Å²) in [6.45, 7) is 5.12. The number of phosphoric ester groups is 1. The number of carbonyl (C=O) groups is 3. The third-order valence-corrected chi connectivity index (χ3v) is 8.18. The van der Waals surface area contributed by atoms with Crippen molar-refractivity contribution in [1.29, 1.82) is 0 Å². The minimum Gasteiger partial charge on any atom is -0.457 e. The molecule has 1 fully saturated rings. The molecule has 0 aromatic heterocycles. The topological polar surface area (TPSA) is 124 Å². The van der Waals surface area contributed by atoms with Crippen molar-refractivity contribution >= 4 is 37.5 Å². The van der Waals surface area contributed by atoms with Crippen LogP contribution < -0.4 is 0 Å². The van der Waals surface area contributed by atoms with Gasteiger partial charge in [0.2, 0.25) is 0 Å². The van der Waals surface area contributed by atoms with Gasteiger partial charge >= 0.3 is 25.7 Å². The SMILES string of the molecule is CC(=O)O[C@@H]1[C@H](OC(C)=O)[C@H](C)S[C@H](OP(=O)(OCc2ccccc2)OCc2ccccc2)[C@H]1OC(C)=O. The molecule has 0 amide bonds. The van der Waals surface area contributed by atoms with Crippen LogP contribution in [0.2, 0.25) is 0 Å². The smallest absolute Gasteiger partial charge is 0.457 e. The van der Waals surface area contributed by atoms with Crippen molar-refractivity contribution in [2.75, 3.05) is 0 Å². The lowest BCUT2D eigenvalue weighted by molar-refractivity contribution is -0.189. The van der Waals surface area contributed by atoms with Gasteiger partial charge in [0.25, 0.3) is 0 Å². The molecule has 0 bridgehead atoms. The molecule has 38 heavy (non-hydrogen) atoms. The van der Waals surface area contributed by atoms with Gasteiger partial charge in [-0.15, -0.1) is 11.8 Å². The standard InChI is InChI=1S/C26H31O10PS/c1-17-23(33-18(2)27)24(34-19(3)28)25(35-20(4)29)26(38-17)36-37(30,31-15-21-11-7-5-8-12-21)32-16-22-13-9-6-10-14-22/h5-14,17,23-26H,15-16H2,1-4H3/t17-,23+,24+,25-,26-/m0/s1. The first-order chi connectivity index (χ1) is 18.1. The van der Waals surface area contributed by atoms with Crippen molar-refractivity contribution in [3.8, 4) is 0 Å². The molecule has 0 saturated carbocycles. The minimum atomic E-state index is -4.29. The van der Waals surface area contributed by atoms with E-state index in [1.54, 1.807) is 31.2 Å². The van der Waals surface area contributed by atoms with E-state index >= 15 is 0 Å². The van der Waals surface area contributed by atoms with Crippen LogP contribution in [0, 0.1) is 0 Å². The first-order valence-corrected chi connectivity index (χ1v) is 14.3. The molecular weight excluding hydrogens is 535 g/mol. The van der Waals surface area contributed by atoms with Gasteiger partial charge in [-0.05, 0) is 18.1 Å². The minimum absolute atomic E-state index is 0.0818. The molecule has 1 aliphatic heterocycles. The van der Waals surface area contributed by atoms with Crippen LogP contribution in [0.4, 0.5) is 0 Å². The van der Waals surface area contributed by atoms with Gasteiger partial charge in [-0.25, -0.2) is 4.57 Å². The monoisotopic (exact) mass is 566 g/mol. The highest BCUT2D eigenvalue weighted by Crippen LogP contribution is 2.55. The Labute approximate surface area is 225 Å². The van der Waals surface area contributed by atoms with Gasteiger partial charge in [0.05, 0.1) is 13.2 Å². The van der Waals surface area contributed by atoms with E-state index in [0.717, 1.165) is 22.9 Å². The van der Waals surface area contributed by atoms with Crippen molar-refractivity contribution < 1.29 is 46.7 Å². The van der Waals surface area contributed by atoms with E-state index in [-0.39, 0.29) is 13.2 Å². The van der Waals surface area contributed by atoms with Crippen LogP contribution >= 0.6 is 19.6 Å². The van der Waals surface area contributed by atoms with E-state index in [4.69, 9.17) is 27.8 Å². The van der Waals surface area contributed by atoms with Gasteiger partial charge in [-0.1, -0.05) is 60.7 Å². The Morgan fingerprint density at radius 1 is 0.711 bits per heavy atom. The van der Waals surface area contributed by atoms with Crippen molar-refractivity contribution in [1.82, 2.24) is 0 Å². The van der Waals surface area contributed by atoms with E-state index in [2.05, 4.69) is 0 Å². The Kier molecular flexibility index (Phi) is 10.9. The Hall–Kier alpha value is -2.69. The molecule has 0 N–H and O–H groups in total. The molecule has 10 nitrogen and oxygen atoms in total. The molecule has 206 valence electrons. The van der Waals surface area contributed by atoms with Gasteiger partial charge in [0.15, 0.2) is 23.7 Å². The third kappa shape index (κ3) is 8.96. The fourth-order valence-corrected chi connectivity index (χ4v) is 6.59. The van der Waals surface area contributed by atoms with Gasteiger partial charge in [-0.3, -0.25) is 28.0 Å². The quantitative estimate of drug-likeness (QED) is 0.212. The first kappa shape index (κ1) is 29.9. The van der Waals surface area contributed by atoms with Crippen molar-refractivity contribution in [2.45, 2.75) is 69.9 Å². The highest BCUT2D eigenvalue weighted by Gasteiger charge is 2.52. The summed E-state index contributed by atoms with van der Waals surface area (Å²) in [6.07, 6.45) is -3.46. The Morgan fingerprint density at radius 2 is 1.13 bits per heavy atom. The molecule has 12 heteroatoms. The molecule has 1 heterocycles. The Morgan fingerprint density at radius 3 is 1.58 bits per heavy atom. The van der Waals surface area contributed by atoms with Crippen LogP contribution in [0.5, 0.6) is 0 Å². The molecule has 5 atom stereocenters. The molecule has 0 spiro atoms. The first-order valence-electron chi connectivity index (χ1n) is 11.9. The molecule has 1 aliphatic rings. The second-order valence-corrected chi connectivity index (χ2v) is 11.6. The van der Waals surface area contributed by atoms with E-state index in [1.165, 1.54) is 20.8 Å². The zero-order valence-corrected chi connectivity index (χ0v) is 23.2. The fraction of sp³-hybridized carbons (Fsp3) is 0.423. The maximum atomic E-state index is 13.9. The molecule has 3 rings (SSSR count). The summed E-state index contributed by atoms with van der Waals surface area (Å²) in [6, 6.07) is 18.1. The highest BCUT2D eigenvalue weighted by molar-refractivity contribution is 8.00. The number of ether oxygens (including phenoxy) is 3. The van der Waals surface area contributed by atoms with Crippen LogP contribution in [0.1, 0.15) is 38.8 Å². The molecule has 0 radical (unpaired) electrons. The predicted octanol–water partition coefficient (Wildman–Crippen LogP) is 4.80. The van der Waals surface area contributed by atoms with Crippen LogP contribution in [0.15, 0.2) is 60.7 Å². The van der Waals surface area contributed by atoms with E-state index in [0.29, 0.717) is 0 Å². The maximum absolute atomic E-state index is 13.9. The van der Waals surface area contributed by atoms with Crippen LogP contribution in [0.3, 0.4) is 0 Å². The van der Waals surface area contributed by atoms with Crippen LogP contribution in [-0.4, -0.2) is 46.9 Å². The number of benzene rings is 2. The summed E-state index contributed by atoms with van der Waals surface area (Å²) >= 11 is 1.09. The van der Waals surface area contributed by atoms with Crippen molar-refractivity contribution in [3.63, 3.8) is 0 Å². The van der Waals surface area contributed by atoms with Gasteiger partial charge < -0.3 is 14.2 Å². The molecule has 1 saturated heterocycles. The Balaban J connectivity index is 1.90. The summed E-state index contributed by atoms with van der Waals surface area (Å²) in [5.41, 5.74) is 0.310. The second kappa shape index (κ2) is 13.9. The third-order valence-electron chi connectivity index (χ3n) is 5.33. The summed E-state index contributed by atoms with van der Waals surface area (Å²) < 4.78 is 47.6. The Bertz CT molecular complexity index is 1080. The summed E-state index contributed by atoms with van der Waals surface area (Å²) in [5.74, 6) is -2.00. The lowest BCUT2D eigenvalue weighted by Gasteiger charge is -2.43. The van der Waals surface area contributed by atoms with E-state index in [9.17, 15) is 18.9 Å². The summed E-state index contributed by atoms with van der Waals surface area (Å²) in [5, 5.41) is -0.503. The van der Waals surface area contributed by atoms with Crippen molar-refractivity contribution in [3.05, 3.63) is 71.8 Å². The summed E-state index contributed by atoms with van der Waals surface area (Å²) in [4.78, 5) is 35.7. The van der Waals surface area contributed by atoms with Gasteiger partial charge in [0, 0.05) is 26.0 Å². The van der Waals surface area contributed by atoms with Gasteiger partial charge in [0.1, 0.15) is 0 Å². The summed E-state index contributed by atoms with van der Waals surface area (Å²) in [7, 11) is -4.29. The van der Waals surface area contributed by atoms with E-state index in [1.807, 2.05) is 36.4 Å². The molecule has 2 aromatic rings. The van der Waals surface area contributed by atoms with Crippen molar-refractivity contribution in [2.24, 2.45) is 0 Å². The van der Waals surface area contributed by atoms with Crippen LogP contribution in [-0.2, 0) is 59.9 Å². The van der Waals surface area contributed by atoms with Crippen LogP contribution in [0.25, 0.3) is 0 Å². The van der Waals surface area contributed by atoms with Gasteiger partial charge in [-0.2, -0.15) is 0 Å². The number of esters is 3. The number of hydrogen-bond donors (Lipinski definition) is 0. The number of phosphoric acid groups is 1. The zero-order chi connectivity index (χ0) is 27.7. The number of carbonyl (C=O) groups excluding carboxylic acids is 3. The normalized spacial score (nSPS) is 23.3. The lowest BCUT2D eigenvalue weighted by atomic mass is 10.0. The maximum Gasteiger partial charge on any atom is 0.476 e. The molecule has 2 aromatic carbocycles. The zero-order valence-electron chi connectivity index (χ0n) is 21.5.